The maximum absolute atomic E-state index is 13.4. The lowest BCUT2D eigenvalue weighted by atomic mass is 9.90. The lowest BCUT2D eigenvalue weighted by Gasteiger charge is -2.37. The molecule has 0 bridgehead atoms. The van der Waals surface area contributed by atoms with Crippen LogP contribution in [0.1, 0.15) is 24.0 Å². The predicted molar refractivity (Wildman–Crippen MR) is 127 cm³/mol. The van der Waals surface area contributed by atoms with E-state index in [1.165, 1.54) is 17.4 Å². The van der Waals surface area contributed by atoms with Gasteiger partial charge in [-0.15, -0.1) is 0 Å². The number of para-hydroxylation sites is 1. The zero-order valence-electron chi connectivity index (χ0n) is 19.2. The Hall–Kier alpha value is -3.46. The third-order valence-electron chi connectivity index (χ3n) is 6.46. The summed E-state index contributed by atoms with van der Waals surface area (Å²) in [6.07, 6.45) is -3.18. The van der Waals surface area contributed by atoms with Crippen molar-refractivity contribution in [2.45, 2.75) is 31.2 Å². The van der Waals surface area contributed by atoms with Crippen LogP contribution in [0.15, 0.2) is 65.4 Å². The van der Waals surface area contributed by atoms with Gasteiger partial charge in [0.2, 0.25) is 0 Å². The van der Waals surface area contributed by atoms with Crippen LogP contribution in [-0.4, -0.2) is 42.4 Å². The number of thiophene rings is 1. The van der Waals surface area contributed by atoms with Gasteiger partial charge in [0, 0.05) is 38.2 Å². The van der Waals surface area contributed by atoms with Crippen molar-refractivity contribution >= 4 is 29.3 Å². The summed E-state index contributed by atoms with van der Waals surface area (Å²) in [5.74, 6) is 0. The number of hydrogen-bond acceptors (Lipinski definition) is 6. The smallest absolute Gasteiger partial charge is 0.416 e. The van der Waals surface area contributed by atoms with Gasteiger partial charge in [-0.2, -0.15) is 34.1 Å². The Labute approximate surface area is 209 Å². The van der Waals surface area contributed by atoms with Crippen molar-refractivity contribution in [3.05, 3.63) is 76.5 Å². The number of hydrogen-bond donors (Lipinski definition) is 0. The Morgan fingerprint density at radius 3 is 2.33 bits per heavy atom. The predicted octanol–water partition coefficient (Wildman–Crippen LogP) is 5.84. The monoisotopic (exact) mass is 516 g/mol. The van der Waals surface area contributed by atoms with Gasteiger partial charge in [-0.3, -0.25) is 9.80 Å². The Morgan fingerprint density at radius 1 is 1.03 bits per heavy atom. The number of alkyl halides is 3. The zero-order chi connectivity index (χ0) is 25.8. The number of anilines is 1. The number of carbonyl (C=O) groups is 1. The molecule has 2 aliphatic heterocycles. The van der Waals surface area contributed by atoms with Gasteiger partial charge >= 0.3 is 18.4 Å². The van der Waals surface area contributed by atoms with Gasteiger partial charge in [0.25, 0.3) is 0 Å². The van der Waals surface area contributed by atoms with Crippen LogP contribution in [0.25, 0.3) is 11.1 Å². The van der Waals surface area contributed by atoms with Crippen LogP contribution in [0.3, 0.4) is 0 Å². The molecule has 2 saturated heterocycles. The van der Waals surface area contributed by atoms with Crippen LogP contribution in [0, 0.1) is 0 Å². The number of piperidine rings is 1. The van der Waals surface area contributed by atoms with Crippen molar-refractivity contribution in [1.29, 1.82) is 0 Å². The fourth-order valence-electron chi connectivity index (χ4n) is 4.65. The van der Waals surface area contributed by atoms with Crippen LogP contribution < -0.4 is 4.90 Å². The number of ether oxygens (including phenoxy) is 1. The number of halogens is 3. The Morgan fingerprint density at radius 2 is 1.72 bits per heavy atom. The number of nitrogens with zero attached hydrogens (tertiary/aromatic N) is 2. The van der Waals surface area contributed by atoms with E-state index in [1.807, 2.05) is 47.2 Å². The van der Waals surface area contributed by atoms with Crippen LogP contribution in [0.4, 0.5) is 23.7 Å². The summed E-state index contributed by atoms with van der Waals surface area (Å²) in [6.45, 7) is 2.21. The largest absolute Gasteiger partial charge is 0.441 e. The fourth-order valence-corrected chi connectivity index (χ4v) is 5.31. The van der Waals surface area contributed by atoms with Gasteiger partial charge < -0.3 is 4.74 Å². The van der Waals surface area contributed by atoms with Crippen molar-refractivity contribution in [1.82, 2.24) is 4.90 Å². The lowest BCUT2D eigenvalue weighted by molar-refractivity contribution is -0.191. The van der Waals surface area contributed by atoms with E-state index in [1.54, 1.807) is 11.0 Å². The molecule has 188 valence electrons. The molecule has 6 nitrogen and oxygen atoms in total. The average Bonchev–Trinajstić information content (AvgIpc) is 3.50. The number of amides is 1. The van der Waals surface area contributed by atoms with Gasteiger partial charge in [-0.1, -0.05) is 24.3 Å². The number of benzene rings is 2. The summed E-state index contributed by atoms with van der Waals surface area (Å²) < 4.78 is 45.9. The SMILES string of the molecule is O=C1OC2(CCN(Cc3cc(C(F)(F)F)ccc3-c3ccsc3)CC2)CN1c1ccccc1.O=C=O. The van der Waals surface area contributed by atoms with Gasteiger partial charge in [-0.25, -0.2) is 4.79 Å². The summed E-state index contributed by atoms with van der Waals surface area (Å²) in [5.41, 5.74) is 2.05. The molecule has 0 aliphatic carbocycles. The van der Waals surface area contributed by atoms with E-state index in [2.05, 4.69) is 4.90 Å². The van der Waals surface area contributed by atoms with Crippen LogP contribution in [0.2, 0.25) is 0 Å². The van der Waals surface area contributed by atoms with E-state index < -0.39 is 17.3 Å². The molecule has 3 aromatic rings. The maximum atomic E-state index is 13.4. The van der Waals surface area contributed by atoms with Crippen molar-refractivity contribution < 1.29 is 32.3 Å². The molecule has 2 aliphatic rings. The summed E-state index contributed by atoms with van der Waals surface area (Å²) in [4.78, 5) is 32.6. The molecular weight excluding hydrogens is 493 g/mol. The van der Waals surface area contributed by atoms with Gasteiger partial charge in [0.1, 0.15) is 5.60 Å². The van der Waals surface area contributed by atoms with Gasteiger partial charge in [0.15, 0.2) is 0 Å². The molecule has 36 heavy (non-hydrogen) atoms. The molecule has 2 aromatic carbocycles. The Balaban J connectivity index is 0.000000967. The summed E-state index contributed by atoms with van der Waals surface area (Å²) in [7, 11) is 0. The quantitative estimate of drug-likeness (QED) is 0.436. The minimum atomic E-state index is -4.38. The molecule has 5 rings (SSSR count). The second-order valence-corrected chi connectivity index (χ2v) is 9.49. The molecule has 0 radical (unpaired) electrons. The van der Waals surface area contributed by atoms with Crippen molar-refractivity contribution in [2.75, 3.05) is 24.5 Å². The second kappa shape index (κ2) is 10.7. The third-order valence-corrected chi connectivity index (χ3v) is 7.15. The van der Waals surface area contributed by atoms with E-state index in [9.17, 15) is 18.0 Å². The first-order valence-electron chi connectivity index (χ1n) is 11.2. The van der Waals surface area contributed by atoms with E-state index in [0.29, 0.717) is 44.6 Å². The highest BCUT2D eigenvalue weighted by Crippen LogP contribution is 2.38. The van der Waals surface area contributed by atoms with Crippen molar-refractivity contribution in [3.63, 3.8) is 0 Å². The summed E-state index contributed by atoms with van der Waals surface area (Å²) in [6, 6.07) is 15.4. The normalized spacial score (nSPS) is 17.3. The lowest BCUT2D eigenvalue weighted by Crippen LogP contribution is -2.46. The molecule has 2 fully saturated rings. The number of carbonyl (C=O) groups excluding carboxylic acids is 3. The van der Waals surface area contributed by atoms with Gasteiger partial charge in [-0.05, 0) is 57.8 Å². The molecule has 0 saturated carbocycles. The molecule has 0 atom stereocenters. The third kappa shape index (κ3) is 5.67. The first kappa shape index (κ1) is 25.6. The maximum Gasteiger partial charge on any atom is 0.416 e. The van der Waals surface area contributed by atoms with E-state index in [0.717, 1.165) is 22.9 Å². The summed E-state index contributed by atoms with van der Waals surface area (Å²) in [5, 5.41) is 3.88. The molecule has 1 amide bonds. The average molecular weight is 517 g/mol. The van der Waals surface area contributed by atoms with Gasteiger partial charge in [0.05, 0.1) is 12.1 Å². The molecular formula is C26H23F3N2O4S. The van der Waals surface area contributed by atoms with Crippen molar-refractivity contribution in [3.8, 4) is 11.1 Å². The highest BCUT2D eigenvalue weighted by Gasteiger charge is 2.47. The van der Waals surface area contributed by atoms with Crippen molar-refractivity contribution in [2.24, 2.45) is 0 Å². The first-order valence-corrected chi connectivity index (χ1v) is 12.2. The molecule has 0 unspecified atom stereocenters. The topological polar surface area (TPSA) is 66.9 Å². The fraction of sp³-hybridized carbons (Fsp3) is 0.308. The highest BCUT2D eigenvalue weighted by molar-refractivity contribution is 7.08. The molecule has 1 spiro atoms. The van der Waals surface area contributed by atoms with E-state index in [4.69, 9.17) is 14.3 Å². The van der Waals surface area contributed by atoms with Crippen LogP contribution in [0.5, 0.6) is 0 Å². The molecule has 10 heteroatoms. The summed E-state index contributed by atoms with van der Waals surface area (Å²) >= 11 is 1.52. The highest BCUT2D eigenvalue weighted by atomic mass is 32.1. The van der Waals surface area contributed by atoms with Crippen LogP contribution >= 0.6 is 11.3 Å². The Bertz CT molecular complexity index is 1220. The minimum Gasteiger partial charge on any atom is -0.441 e. The number of rotatable bonds is 4. The van der Waals surface area contributed by atoms with E-state index >= 15 is 0 Å². The zero-order valence-corrected chi connectivity index (χ0v) is 20.0. The molecule has 0 N–H and O–H groups in total. The van der Waals surface area contributed by atoms with E-state index in [-0.39, 0.29) is 12.2 Å². The second-order valence-electron chi connectivity index (χ2n) is 8.71. The Kier molecular flexibility index (Phi) is 7.59. The standard InChI is InChI=1S/C25H23F3N2O2S.CO2/c26-25(27,28)20-6-7-22(18-8-13-33-16-18)19(14-20)15-29-11-9-24(10-12-29)17-30(23(31)32-24)21-4-2-1-3-5-21;2-1-3/h1-8,13-14,16H,9-12,15,17H2;. The minimum absolute atomic E-state index is 0.250. The molecule has 1 aromatic heterocycles. The first-order chi connectivity index (χ1) is 17.2. The number of likely N-dealkylation sites (tertiary alicyclic amines) is 1. The molecule has 3 heterocycles. The van der Waals surface area contributed by atoms with Crippen LogP contribution in [-0.2, 0) is 27.0 Å².